The highest BCUT2D eigenvalue weighted by Gasteiger charge is 2.40. The Kier molecular flexibility index (Phi) is 3.61. The van der Waals surface area contributed by atoms with Crippen LogP contribution in [0.3, 0.4) is 0 Å². The second-order valence-corrected chi connectivity index (χ2v) is 5.82. The molecule has 8 nitrogen and oxygen atoms in total. The highest BCUT2D eigenvalue weighted by atomic mass is 16.5. The number of nitrogens with one attached hydrogen (secondary N) is 2. The van der Waals surface area contributed by atoms with Crippen molar-refractivity contribution >= 4 is 11.7 Å². The van der Waals surface area contributed by atoms with Crippen LogP contribution in [0.4, 0.5) is 5.82 Å². The number of rotatable bonds is 1. The molecule has 0 saturated carbocycles. The summed E-state index contributed by atoms with van der Waals surface area (Å²) in [7, 11) is 0. The lowest BCUT2D eigenvalue weighted by atomic mass is 9.79. The van der Waals surface area contributed by atoms with E-state index < -0.39 is 17.7 Å². The molecule has 3 heterocycles. The molecular weight excluding hydrogens is 324 g/mol. The number of ether oxygens (including phenoxy) is 2. The summed E-state index contributed by atoms with van der Waals surface area (Å²) >= 11 is 0. The summed E-state index contributed by atoms with van der Waals surface area (Å²) in [5.41, 5.74) is 0.510. The lowest BCUT2D eigenvalue weighted by Crippen LogP contribution is -2.37. The Labute approximate surface area is 142 Å². The predicted octanol–water partition coefficient (Wildman–Crippen LogP) is 1.15. The number of nitriles is 1. The van der Waals surface area contributed by atoms with E-state index in [0.29, 0.717) is 30.3 Å². The number of hydrogen-bond acceptors (Lipinski definition) is 6. The third-order valence-electron chi connectivity index (χ3n) is 4.33. The topological polar surface area (TPSA) is 117 Å². The van der Waals surface area contributed by atoms with Gasteiger partial charge in [0.1, 0.15) is 11.7 Å². The normalized spacial score (nSPS) is 21.5. The van der Waals surface area contributed by atoms with E-state index >= 15 is 0 Å². The Hall–Kier alpha value is -3.34. The standard InChI is InChI=1S/C17H14N4O4/c18-7-10-13(14-15(21-16(10)22)19-8-20-17(14)23)9-2-3-11-12(6-9)25-5-1-4-24-11/h2-3,6,8,10,13H,1,4-5H2,(H2,19,20,21,22,23). The van der Waals surface area contributed by atoms with Gasteiger partial charge in [0.05, 0.1) is 31.2 Å². The highest BCUT2D eigenvalue weighted by molar-refractivity contribution is 5.97. The fourth-order valence-corrected chi connectivity index (χ4v) is 3.18. The SMILES string of the molecule is N#CC1C(=O)Nc2nc[nH]c(=O)c2C1c1ccc2c(c1)OCCCO2. The summed E-state index contributed by atoms with van der Waals surface area (Å²) in [5.74, 6) is -0.927. The van der Waals surface area contributed by atoms with Gasteiger partial charge in [0, 0.05) is 12.3 Å². The fourth-order valence-electron chi connectivity index (χ4n) is 3.18. The second kappa shape index (κ2) is 5.94. The molecule has 0 fully saturated rings. The quantitative estimate of drug-likeness (QED) is 0.805. The number of amides is 1. The van der Waals surface area contributed by atoms with Gasteiger partial charge in [0.15, 0.2) is 11.5 Å². The summed E-state index contributed by atoms with van der Waals surface area (Å²) in [5, 5.41) is 12.0. The van der Waals surface area contributed by atoms with E-state index in [1.54, 1.807) is 18.2 Å². The molecule has 2 atom stereocenters. The van der Waals surface area contributed by atoms with Gasteiger partial charge in [0.2, 0.25) is 5.91 Å². The summed E-state index contributed by atoms with van der Waals surface area (Å²) < 4.78 is 11.3. The Morgan fingerprint density at radius 1 is 1.20 bits per heavy atom. The number of nitrogens with zero attached hydrogens (tertiary/aromatic N) is 2. The minimum absolute atomic E-state index is 0.178. The van der Waals surface area contributed by atoms with Crippen molar-refractivity contribution in [3.63, 3.8) is 0 Å². The molecule has 126 valence electrons. The van der Waals surface area contributed by atoms with E-state index in [4.69, 9.17) is 9.47 Å². The van der Waals surface area contributed by atoms with Crippen molar-refractivity contribution in [2.24, 2.45) is 5.92 Å². The molecule has 0 aliphatic carbocycles. The zero-order valence-electron chi connectivity index (χ0n) is 13.1. The number of hydrogen-bond donors (Lipinski definition) is 2. The molecule has 2 unspecified atom stereocenters. The van der Waals surface area contributed by atoms with Crippen LogP contribution in [0.15, 0.2) is 29.3 Å². The molecule has 2 N–H and O–H groups in total. The van der Waals surface area contributed by atoms with Crippen LogP contribution < -0.4 is 20.3 Å². The largest absolute Gasteiger partial charge is 0.490 e. The summed E-state index contributed by atoms with van der Waals surface area (Å²) in [4.78, 5) is 31.2. The number of anilines is 1. The Bertz CT molecular complexity index is 946. The lowest BCUT2D eigenvalue weighted by molar-refractivity contribution is -0.119. The minimum Gasteiger partial charge on any atom is -0.490 e. The average molecular weight is 338 g/mol. The van der Waals surface area contributed by atoms with E-state index in [1.807, 2.05) is 6.07 Å². The van der Waals surface area contributed by atoms with Crippen LogP contribution in [-0.2, 0) is 4.79 Å². The van der Waals surface area contributed by atoms with Crippen molar-refractivity contribution in [1.82, 2.24) is 9.97 Å². The van der Waals surface area contributed by atoms with Crippen LogP contribution in [0.5, 0.6) is 11.5 Å². The van der Waals surface area contributed by atoms with Crippen molar-refractivity contribution in [3.05, 3.63) is 46.0 Å². The van der Waals surface area contributed by atoms with E-state index in [9.17, 15) is 14.9 Å². The van der Waals surface area contributed by atoms with Crippen LogP contribution in [0.2, 0.25) is 0 Å². The third-order valence-corrected chi connectivity index (χ3v) is 4.33. The maximum Gasteiger partial charge on any atom is 0.256 e. The van der Waals surface area contributed by atoms with Gasteiger partial charge in [-0.3, -0.25) is 9.59 Å². The lowest BCUT2D eigenvalue weighted by Gasteiger charge is -2.28. The Morgan fingerprint density at radius 3 is 2.80 bits per heavy atom. The van der Waals surface area contributed by atoms with E-state index in [2.05, 4.69) is 15.3 Å². The first-order valence-electron chi connectivity index (χ1n) is 7.86. The Balaban J connectivity index is 1.89. The smallest absolute Gasteiger partial charge is 0.256 e. The average Bonchev–Trinajstić information content (AvgIpc) is 2.85. The van der Waals surface area contributed by atoms with Gasteiger partial charge in [-0.2, -0.15) is 5.26 Å². The van der Waals surface area contributed by atoms with Gasteiger partial charge < -0.3 is 19.8 Å². The van der Waals surface area contributed by atoms with Gasteiger partial charge >= 0.3 is 0 Å². The summed E-state index contributed by atoms with van der Waals surface area (Å²) in [6.45, 7) is 1.08. The number of H-pyrrole nitrogens is 1. The number of carbonyl (C=O) groups is 1. The first kappa shape index (κ1) is 15.2. The molecule has 25 heavy (non-hydrogen) atoms. The van der Waals surface area contributed by atoms with Crippen LogP contribution in [0.25, 0.3) is 0 Å². The molecule has 1 aromatic carbocycles. The van der Waals surface area contributed by atoms with E-state index in [-0.39, 0.29) is 16.9 Å². The number of fused-ring (bicyclic) bond motifs is 2. The molecule has 1 amide bonds. The van der Waals surface area contributed by atoms with Crippen LogP contribution in [-0.4, -0.2) is 29.1 Å². The molecule has 2 aliphatic heterocycles. The summed E-state index contributed by atoms with van der Waals surface area (Å²) in [6.07, 6.45) is 1.99. The number of benzene rings is 1. The molecule has 2 aliphatic rings. The van der Waals surface area contributed by atoms with Crippen LogP contribution in [0.1, 0.15) is 23.5 Å². The van der Waals surface area contributed by atoms with E-state index in [0.717, 1.165) is 6.42 Å². The number of carbonyl (C=O) groups excluding carboxylic acids is 1. The molecule has 0 saturated heterocycles. The number of aromatic amines is 1. The molecule has 2 aromatic rings. The third kappa shape index (κ3) is 2.50. The van der Waals surface area contributed by atoms with Crippen molar-refractivity contribution in [1.29, 1.82) is 5.26 Å². The maximum absolute atomic E-state index is 12.3. The molecule has 8 heteroatoms. The van der Waals surface area contributed by atoms with Crippen LogP contribution in [0, 0.1) is 17.2 Å². The van der Waals surface area contributed by atoms with Gasteiger partial charge in [-0.1, -0.05) is 6.07 Å². The highest BCUT2D eigenvalue weighted by Crippen LogP contribution is 2.41. The zero-order chi connectivity index (χ0) is 17.4. The molecular formula is C17H14N4O4. The van der Waals surface area contributed by atoms with Crippen molar-refractivity contribution in [2.45, 2.75) is 12.3 Å². The fraction of sp³-hybridized carbons (Fsp3) is 0.294. The van der Waals surface area contributed by atoms with Gasteiger partial charge in [-0.05, 0) is 17.7 Å². The Morgan fingerprint density at radius 2 is 2.00 bits per heavy atom. The minimum atomic E-state index is -1.04. The zero-order valence-corrected chi connectivity index (χ0v) is 13.1. The first-order chi connectivity index (χ1) is 12.2. The monoisotopic (exact) mass is 338 g/mol. The molecule has 1 aromatic heterocycles. The first-order valence-corrected chi connectivity index (χ1v) is 7.86. The van der Waals surface area contributed by atoms with Crippen molar-refractivity contribution < 1.29 is 14.3 Å². The molecule has 0 spiro atoms. The van der Waals surface area contributed by atoms with Gasteiger partial charge in [-0.15, -0.1) is 0 Å². The maximum atomic E-state index is 12.3. The molecule has 0 radical (unpaired) electrons. The van der Waals surface area contributed by atoms with Crippen molar-refractivity contribution in [2.75, 3.05) is 18.5 Å². The van der Waals surface area contributed by atoms with E-state index in [1.165, 1.54) is 6.33 Å². The van der Waals surface area contributed by atoms with Crippen LogP contribution >= 0.6 is 0 Å². The van der Waals surface area contributed by atoms with Gasteiger partial charge in [-0.25, -0.2) is 4.98 Å². The van der Waals surface area contributed by atoms with Gasteiger partial charge in [0.25, 0.3) is 5.56 Å². The molecule has 4 rings (SSSR count). The molecule has 0 bridgehead atoms. The predicted molar refractivity (Wildman–Crippen MR) is 86.5 cm³/mol. The summed E-state index contributed by atoms with van der Waals surface area (Å²) in [6, 6.07) is 7.21. The number of aromatic nitrogens is 2. The second-order valence-electron chi connectivity index (χ2n) is 5.82. The van der Waals surface area contributed by atoms with Crippen molar-refractivity contribution in [3.8, 4) is 17.6 Å².